The number of allylic oxidation sites excluding steroid dienone is 1. The zero-order valence-electron chi connectivity index (χ0n) is 14.3. The Morgan fingerprint density at radius 2 is 1.95 bits per heavy atom. The van der Waals surface area contributed by atoms with Crippen LogP contribution >= 0.6 is 0 Å². The summed E-state index contributed by atoms with van der Waals surface area (Å²) in [4.78, 5) is 12.0. The fourth-order valence-electron chi connectivity index (χ4n) is 2.84. The van der Waals surface area contributed by atoms with Crippen molar-refractivity contribution in [3.8, 4) is 0 Å². The molecule has 0 spiro atoms. The number of carbonyl (C=O) groups excluding carboxylic acids is 1. The Kier molecular flexibility index (Phi) is 6.78. The summed E-state index contributed by atoms with van der Waals surface area (Å²) in [5, 5.41) is 4.00. The van der Waals surface area contributed by atoms with Gasteiger partial charge in [0.1, 0.15) is 6.10 Å². The smallest absolute Gasteiger partial charge is 0.591 e. The van der Waals surface area contributed by atoms with Crippen LogP contribution in [-0.4, -0.2) is 12.2 Å². The van der Waals surface area contributed by atoms with E-state index in [0.717, 1.165) is 12.8 Å². The van der Waals surface area contributed by atoms with Crippen LogP contribution < -0.4 is 18.9 Å². The number of carbonyl (C=O) groups is 1. The van der Waals surface area contributed by atoms with Crippen molar-refractivity contribution in [3.05, 3.63) is 47.3 Å². The Bertz CT molecular complexity index is 523. The molecule has 4 heteroatoms. The van der Waals surface area contributed by atoms with Crippen molar-refractivity contribution in [2.45, 2.75) is 46.6 Å². The number of amides is 1. The Morgan fingerprint density at radius 3 is 2.55 bits per heavy atom. The number of benzene rings is 1. The van der Waals surface area contributed by atoms with Crippen LogP contribution in [0.4, 0.5) is 10.5 Å². The van der Waals surface area contributed by atoms with Gasteiger partial charge in [-0.2, -0.15) is 0 Å². The molecule has 0 aromatic heterocycles. The molecular weight excluding hydrogens is 269 g/mol. The molecular formula is C18H24LiNO2. The topological polar surface area (TPSA) is 40.4 Å². The second-order valence-electron chi connectivity index (χ2n) is 6.85. The number of hydrogen-bond donors (Lipinski definition) is 0. The van der Waals surface area contributed by atoms with E-state index < -0.39 is 6.09 Å². The third kappa shape index (κ3) is 5.55. The molecule has 1 atom stereocenters. The van der Waals surface area contributed by atoms with Gasteiger partial charge in [0.15, 0.2) is 0 Å². The number of nitrogens with zero attached hydrogens (tertiary/aromatic N) is 1. The van der Waals surface area contributed by atoms with E-state index in [1.807, 2.05) is 18.2 Å². The predicted octanol–water partition coefficient (Wildman–Crippen LogP) is 2.60. The van der Waals surface area contributed by atoms with E-state index in [2.05, 4.69) is 39.1 Å². The molecule has 1 unspecified atom stereocenters. The summed E-state index contributed by atoms with van der Waals surface area (Å²) in [7, 11) is 0. The van der Waals surface area contributed by atoms with Crippen molar-refractivity contribution >= 4 is 11.8 Å². The zero-order valence-corrected chi connectivity index (χ0v) is 14.3. The SMILES string of the molecule is CC(C)/C=C1\CC(C)(C)CC1OC(=O)[N-]c1ccccc1.[Li+]. The van der Waals surface area contributed by atoms with Gasteiger partial charge in [0.05, 0.1) is 0 Å². The molecule has 22 heavy (non-hydrogen) atoms. The van der Waals surface area contributed by atoms with Crippen molar-refractivity contribution in [1.29, 1.82) is 0 Å². The van der Waals surface area contributed by atoms with Crippen LogP contribution in [0, 0.1) is 11.3 Å². The Labute approximate surface area is 145 Å². The minimum atomic E-state index is -0.501. The first-order valence-corrected chi connectivity index (χ1v) is 7.54. The van der Waals surface area contributed by atoms with Crippen molar-refractivity contribution in [3.63, 3.8) is 0 Å². The minimum Gasteiger partial charge on any atom is -0.591 e. The molecule has 1 saturated carbocycles. The van der Waals surface area contributed by atoms with Gasteiger partial charge in [0.2, 0.25) is 6.09 Å². The Morgan fingerprint density at radius 1 is 1.32 bits per heavy atom. The van der Waals surface area contributed by atoms with E-state index in [1.54, 1.807) is 12.1 Å². The third-order valence-electron chi connectivity index (χ3n) is 3.60. The average Bonchev–Trinajstić information content (AvgIpc) is 2.63. The van der Waals surface area contributed by atoms with E-state index in [1.165, 1.54) is 5.57 Å². The summed E-state index contributed by atoms with van der Waals surface area (Å²) in [5.41, 5.74) is 2.04. The van der Waals surface area contributed by atoms with E-state index in [0.29, 0.717) is 11.6 Å². The molecule has 2 rings (SSSR count). The number of hydrogen-bond acceptors (Lipinski definition) is 2. The molecule has 0 saturated heterocycles. The van der Waals surface area contributed by atoms with Gasteiger partial charge < -0.3 is 10.1 Å². The Hall–Kier alpha value is -1.17. The molecule has 1 amide bonds. The fourth-order valence-corrected chi connectivity index (χ4v) is 2.84. The summed E-state index contributed by atoms with van der Waals surface area (Å²) in [6, 6.07) is 9.20. The number of ether oxygens (including phenoxy) is 1. The van der Waals surface area contributed by atoms with Gasteiger partial charge >= 0.3 is 18.9 Å². The molecule has 1 aliphatic rings. The fraction of sp³-hybridized carbons (Fsp3) is 0.500. The third-order valence-corrected chi connectivity index (χ3v) is 3.60. The number of rotatable bonds is 3. The molecule has 1 aliphatic carbocycles. The van der Waals surface area contributed by atoms with Crippen LogP contribution in [0.25, 0.3) is 5.32 Å². The summed E-state index contributed by atoms with van der Waals surface area (Å²) in [5.74, 6) is 0.459. The molecule has 0 aliphatic heterocycles. The van der Waals surface area contributed by atoms with Crippen molar-refractivity contribution in [2.24, 2.45) is 11.3 Å². The summed E-state index contributed by atoms with van der Waals surface area (Å²) in [6.07, 6.45) is 3.42. The maximum atomic E-state index is 12.0. The molecule has 1 fully saturated rings. The molecule has 1 aromatic carbocycles. The maximum absolute atomic E-state index is 12.0. The van der Waals surface area contributed by atoms with Crippen LogP contribution in [0.15, 0.2) is 42.0 Å². The average molecular weight is 293 g/mol. The molecule has 0 heterocycles. The minimum absolute atomic E-state index is 0. The van der Waals surface area contributed by atoms with Crippen LogP contribution in [0.5, 0.6) is 0 Å². The van der Waals surface area contributed by atoms with E-state index in [9.17, 15) is 4.79 Å². The van der Waals surface area contributed by atoms with Gasteiger partial charge in [0, 0.05) is 0 Å². The van der Waals surface area contributed by atoms with Crippen molar-refractivity contribution in [1.82, 2.24) is 0 Å². The second-order valence-corrected chi connectivity index (χ2v) is 6.85. The first kappa shape index (κ1) is 18.9. The molecule has 114 valence electrons. The standard InChI is InChI=1S/C18H25NO2.Li/c1-13(2)10-14-11-18(3,4)12-16(14)21-17(20)19-15-8-6-5-7-9-15;/h5-10,13,16H,11-12H2,1-4H3,(H,19,20);/q;+1/p-1/b14-10+;. The van der Waals surface area contributed by atoms with Crippen LogP contribution in [0.3, 0.4) is 0 Å². The number of para-hydroxylation sites is 1. The normalized spacial score (nSPS) is 21.5. The molecule has 1 aromatic rings. The maximum Gasteiger partial charge on any atom is 1.00 e. The van der Waals surface area contributed by atoms with Gasteiger partial charge in [-0.15, -0.1) is 5.69 Å². The van der Waals surface area contributed by atoms with Gasteiger partial charge in [-0.1, -0.05) is 64.1 Å². The molecule has 0 N–H and O–H groups in total. The van der Waals surface area contributed by atoms with Gasteiger partial charge in [-0.05, 0) is 29.7 Å². The van der Waals surface area contributed by atoms with Crippen LogP contribution in [0.1, 0.15) is 40.5 Å². The largest absolute Gasteiger partial charge is 1.00 e. The molecule has 3 nitrogen and oxygen atoms in total. The predicted molar refractivity (Wildman–Crippen MR) is 85.7 cm³/mol. The van der Waals surface area contributed by atoms with E-state index in [4.69, 9.17) is 4.74 Å². The summed E-state index contributed by atoms with van der Waals surface area (Å²) in [6.45, 7) is 8.71. The van der Waals surface area contributed by atoms with Gasteiger partial charge in [-0.3, -0.25) is 4.79 Å². The van der Waals surface area contributed by atoms with Crippen LogP contribution in [-0.2, 0) is 4.74 Å². The summed E-state index contributed by atoms with van der Waals surface area (Å²) >= 11 is 0. The van der Waals surface area contributed by atoms with E-state index in [-0.39, 0.29) is 30.4 Å². The molecule has 0 radical (unpaired) electrons. The first-order chi connectivity index (χ1) is 9.85. The van der Waals surface area contributed by atoms with Crippen LogP contribution in [0.2, 0.25) is 0 Å². The molecule has 0 bridgehead atoms. The van der Waals surface area contributed by atoms with Crippen molar-refractivity contribution in [2.75, 3.05) is 0 Å². The quantitative estimate of drug-likeness (QED) is 0.635. The second kappa shape index (κ2) is 7.90. The zero-order chi connectivity index (χ0) is 15.5. The summed E-state index contributed by atoms with van der Waals surface area (Å²) < 4.78 is 5.59. The Balaban J connectivity index is 0.00000242. The van der Waals surface area contributed by atoms with Crippen molar-refractivity contribution < 1.29 is 28.4 Å². The monoisotopic (exact) mass is 293 g/mol. The van der Waals surface area contributed by atoms with Gasteiger partial charge in [0.25, 0.3) is 0 Å². The first-order valence-electron chi connectivity index (χ1n) is 7.54. The van der Waals surface area contributed by atoms with E-state index >= 15 is 0 Å². The van der Waals surface area contributed by atoms with Gasteiger partial charge in [-0.25, -0.2) is 0 Å².